The Kier molecular flexibility index (Phi) is 5.20. The third-order valence-electron chi connectivity index (χ3n) is 4.90. The molecule has 4 rings (SSSR count). The Bertz CT molecular complexity index is 1180. The average Bonchev–Trinajstić information content (AvgIpc) is 3.21. The Hall–Kier alpha value is -3.73. The number of carbonyl (C=O) groups excluding carboxylic acids is 2. The summed E-state index contributed by atoms with van der Waals surface area (Å²) < 4.78 is 1.68. The number of carbonyl (C=O) groups is 2. The van der Waals surface area contributed by atoms with Crippen LogP contribution in [0, 0.1) is 0 Å². The molecule has 2 aromatic heterocycles. The van der Waals surface area contributed by atoms with Crippen LogP contribution in [0.5, 0.6) is 0 Å². The van der Waals surface area contributed by atoms with Crippen LogP contribution in [0.15, 0.2) is 79.3 Å². The molecule has 0 unspecified atom stereocenters. The molecule has 2 aromatic carbocycles. The lowest BCUT2D eigenvalue weighted by molar-refractivity contribution is 0.0912. The summed E-state index contributed by atoms with van der Waals surface area (Å²) in [5.74, 6) is -0.0588. The molecule has 0 saturated carbocycles. The number of benzene rings is 2. The molecule has 0 radical (unpaired) electrons. The van der Waals surface area contributed by atoms with Gasteiger partial charge in [0.2, 0.25) is 5.91 Å². The van der Waals surface area contributed by atoms with Crippen molar-refractivity contribution in [2.24, 2.45) is 0 Å². The highest BCUT2D eigenvalue weighted by molar-refractivity contribution is 5.97. The van der Waals surface area contributed by atoms with E-state index in [2.05, 4.69) is 10.3 Å². The molecular weight excluding hydrogens is 362 g/mol. The lowest BCUT2D eigenvalue weighted by Crippen LogP contribution is -2.22. The van der Waals surface area contributed by atoms with E-state index in [0.29, 0.717) is 18.5 Å². The summed E-state index contributed by atoms with van der Waals surface area (Å²) in [5, 5.41) is 3.92. The number of aromatic nitrogens is 2. The van der Waals surface area contributed by atoms with Gasteiger partial charge < -0.3 is 5.32 Å². The van der Waals surface area contributed by atoms with Gasteiger partial charge in [0.25, 0.3) is 5.91 Å². The average molecular weight is 383 g/mol. The van der Waals surface area contributed by atoms with Crippen molar-refractivity contribution in [2.75, 3.05) is 0 Å². The first-order chi connectivity index (χ1) is 14.2. The van der Waals surface area contributed by atoms with Crippen LogP contribution in [-0.2, 0) is 6.54 Å². The SMILES string of the molecule is CCC(=O)n1ccc2cc(-c3cccc(C(=O)NCc4cccnc4)c3)ccc21. The van der Waals surface area contributed by atoms with Crippen molar-refractivity contribution in [2.45, 2.75) is 19.9 Å². The molecule has 144 valence electrons. The van der Waals surface area contributed by atoms with Gasteiger partial charge in [-0.3, -0.25) is 19.1 Å². The second-order valence-corrected chi connectivity index (χ2v) is 6.83. The molecule has 0 aliphatic heterocycles. The summed E-state index contributed by atoms with van der Waals surface area (Å²) in [6.07, 6.45) is 5.71. The number of amides is 1. The monoisotopic (exact) mass is 383 g/mol. The molecule has 5 heteroatoms. The van der Waals surface area contributed by atoms with E-state index in [0.717, 1.165) is 27.6 Å². The van der Waals surface area contributed by atoms with Crippen LogP contribution in [0.3, 0.4) is 0 Å². The van der Waals surface area contributed by atoms with Crippen molar-refractivity contribution in [1.82, 2.24) is 14.9 Å². The number of hydrogen-bond acceptors (Lipinski definition) is 3. The number of pyridine rings is 1. The molecule has 0 saturated heterocycles. The fraction of sp³-hybridized carbons (Fsp3) is 0.125. The van der Waals surface area contributed by atoms with Gasteiger partial charge >= 0.3 is 0 Å². The third kappa shape index (κ3) is 3.94. The second kappa shape index (κ2) is 8.10. The first-order valence-corrected chi connectivity index (χ1v) is 9.57. The topological polar surface area (TPSA) is 64.0 Å². The Morgan fingerprint density at radius 1 is 1.00 bits per heavy atom. The minimum absolute atomic E-state index is 0.0695. The van der Waals surface area contributed by atoms with Crippen LogP contribution < -0.4 is 5.32 Å². The van der Waals surface area contributed by atoms with Gasteiger partial charge in [-0.15, -0.1) is 0 Å². The molecule has 1 amide bonds. The van der Waals surface area contributed by atoms with Gasteiger partial charge in [-0.05, 0) is 53.1 Å². The fourth-order valence-electron chi connectivity index (χ4n) is 3.34. The molecule has 5 nitrogen and oxygen atoms in total. The van der Waals surface area contributed by atoms with Crippen molar-refractivity contribution in [3.8, 4) is 11.1 Å². The summed E-state index contributed by atoms with van der Waals surface area (Å²) in [4.78, 5) is 28.7. The standard InChI is InChI=1S/C24H21N3O2/c1-2-23(28)27-12-10-20-13-19(8-9-22(20)27)18-6-3-7-21(14-18)24(29)26-16-17-5-4-11-25-15-17/h3-15H,2,16H2,1H3,(H,26,29). The van der Waals surface area contributed by atoms with Crippen molar-refractivity contribution in [1.29, 1.82) is 0 Å². The minimum atomic E-state index is -0.128. The third-order valence-corrected chi connectivity index (χ3v) is 4.90. The highest BCUT2D eigenvalue weighted by Crippen LogP contribution is 2.26. The molecule has 0 bridgehead atoms. The molecule has 0 spiro atoms. The molecule has 0 aliphatic carbocycles. The molecule has 2 heterocycles. The summed E-state index contributed by atoms with van der Waals surface area (Å²) >= 11 is 0. The van der Waals surface area contributed by atoms with Crippen LogP contribution in [0.25, 0.3) is 22.0 Å². The quantitative estimate of drug-likeness (QED) is 0.544. The molecule has 0 fully saturated rings. The van der Waals surface area contributed by atoms with E-state index in [4.69, 9.17) is 0 Å². The van der Waals surface area contributed by atoms with Crippen molar-refractivity contribution < 1.29 is 9.59 Å². The van der Waals surface area contributed by atoms with Gasteiger partial charge in [-0.1, -0.05) is 31.2 Å². The predicted molar refractivity (Wildman–Crippen MR) is 114 cm³/mol. The Balaban J connectivity index is 1.56. The van der Waals surface area contributed by atoms with Crippen molar-refractivity contribution >= 4 is 22.7 Å². The maximum atomic E-state index is 12.6. The Morgan fingerprint density at radius 2 is 1.86 bits per heavy atom. The number of hydrogen-bond donors (Lipinski definition) is 1. The molecule has 0 atom stereocenters. The highest BCUT2D eigenvalue weighted by atomic mass is 16.2. The second-order valence-electron chi connectivity index (χ2n) is 6.83. The van der Waals surface area contributed by atoms with Crippen LogP contribution >= 0.6 is 0 Å². The van der Waals surface area contributed by atoms with E-state index in [1.165, 1.54) is 0 Å². The molecular formula is C24H21N3O2. The highest BCUT2D eigenvalue weighted by Gasteiger charge is 2.10. The van der Waals surface area contributed by atoms with Gasteiger partial charge in [0, 0.05) is 42.5 Å². The minimum Gasteiger partial charge on any atom is -0.348 e. The summed E-state index contributed by atoms with van der Waals surface area (Å²) in [5.41, 5.74) is 4.40. The zero-order chi connectivity index (χ0) is 20.2. The number of fused-ring (bicyclic) bond motifs is 1. The maximum absolute atomic E-state index is 12.6. The normalized spacial score (nSPS) is 10.8. The van der Waals surface area contributed by atoms with E-state index in [9.17, 15) is 9.59 Å². The molecule has 0 aliphatic rings. The van der Waals surface area contributed by atoms with E-state index >= 15 is 0 Å². The van der Waals surface area contributed by atoms with Gasteiger partial charge in [0.05, 0.1) is 5.52 Å². The van der Waals surface area contributed by atoms with Crippen LogP contribution in [0.1, 0.15) is 34.1 Å². The van der Waals surface area contributed by atoms with Crippen LogP contribution in [0.2, 0.25) is 0 Å². The summed E-state index contributed by atoms with van der Waals surface area (Å²) in [6, 6.07) is 19.2. The zero-order valence-electron chi connectivity index (χ0n) is 16.1. The van der Waals surface area contributed by atoms with Gasteiger partial charge in [0.1, 0.15) is 0 Å². The maximum Gasteiger partial charge on any atom is 0.251 e. The molecule has 1 N–H and O–H groups in total. The van der Waals surface area contributed by atoms with Crippen molar-refractivity contribution in [3.63, 3.8) is 0 Å². The predicted octanol–water partition coefficient (Wildman–Crippen LogP) is 4.68. The molecule has 4 aromatic rings. The Morgan fingerprint density at radius 3 is 2.66 bits per heavy atom. The van der Waals surface area contributed by atoms with E-state index in [1.54, 1.807) is 23.0 Å². The van der Waals surface area contributed by atoms with E-state index in [-0.39, 0.29) is 11.8 Å². The van der Waals surface area contributed by atoms with E-state index < -0.39 is 0 Å². The zero-order valence-corrected chi connectivity index (χ0v) is 16.1. The Labute approximate surface area is 169 Å². The fourth-order valence-corrected chi connectivity index (χ4v) is 3.34. The lowest BCUT2D eigenvalue weighted by Gasteiger charge is -2.08. The first-order valence-electron chi connectivity index (χ1n) is 9.57. The number of rotatable bonds is 5. The van der Waals surface area contributed by atoms with Crippen LogP contribution in [-0.4, -0.2) is 21.4 Å². The van der Waals surface area contributed by atoms with E-state index in [1.807, 2.05) is 67.7 Å². The summed E-state index contributed by atoms with van der Waals surface area (Å²) in [6.45, 7) is 2.29. The van der Waals surface area contributed by atoms with Gasteiger partial charge in [-0.25, -0.2) is 0 Å². The smallest absolute Gasteiger partial charge is 0.251 e. The lowest BCUT2D eigenvalue weighted by atomic mass is 10.0. The van der Waals surface area contributed by atoms with Gasteiger partial charge in [-0.2, -0.15) is 0 Å². The summed E-state index contributed by atoms with van der Waals surface area (Å²) in [7, 11) is 0. The van der Waals surface area contributed by atoms with Gasteiger partial charge in [0.15, 0.2) is 0 Å². The van der Waals surface area contributed by atoms with Crippen LogP contribution in [0.4, 0.5) is 0 Å². The molecule has 29 heavy (non-hydrogen) atoms. The number of nitrogens with zero attached hydrogens (tertiary/aromatic N) is 2. The first kappa shape index (κ1) is 18.6. The largest absolute Gasteiger partial charge is 0.348 e. The number of nitrogens with one attached hydrogen (secondary N) is 1. The van der Waals surface area contributed by atoms with Crippen molar-refractivity contribution in [3.05, 3.63) is 90.4 Å².